The van der Waals surface area contributed by atoms with Crippen LogP contribution in [0.15, 0.2) is 77.7 Å². The van der Waals surface area contributed by atoms with Crippen LogP contribution in [-0.2, 0) is 4.79 Å². The topological polar surface area (TPSA) is 58.2 Å². The molecule has 3 aromatic carbocycles. The summed E-state index contributed by atoms with van der Waals surface area (Å²) in [4.78, 5) is 25.8. The van der Waals surface area contributed by atoms with Gasteiger partial charge in [-0.2, -0.15) is 0 Å². The van der Waals surface area contributed by atoms with Gasteiger partial charge in [-0.1, -0.05) is 35.4 Å². The molecule has 3 rings (SSSR count). The number of rotatable bonds is 6. The highest BCUT2D eigenvalue weighted by Crippen LogP contribution is 2.27. The van der Waals surface area contributed by atoms with Crippen molar-refractivity contribution in [2.24, 2.45) is 0 Å². The van der Waals surface area contributed by atoms with E-state index in [4.69, 9.17) is 11.6 Å². The van der Waals surface area contributed by atoms with Gasteiger partial charge < -0.3 is 10.6 Å². The normalized spacial score (nSPS) is 11.6. The van der Waals surface area contributed by atoms with Crippen LogP contribution in [0.5, 0.6) is 0 Å². The summed E-state index contributed by atoms with van der Waals surface area (Å²) in [6.07, 6.45) is 0. The minimum Gasteiger partial charge on any atom is -0.325 e. The molecule has 0 saturated heterocycles. The second kappa shape index (κ2) is 9.63. The Hall–Kier alpha value is -2.76. The minimum absolute atomic E-state index is 0.105. The Morgan fingerprint density at radius 1 is 0.897 bits per heavy atom. The van der Waals surface area contributed by atoms with Crippen molar-refractivity contribution in [3.8, 4) is 0 Å². The number of thioether (sulfide) groups is 1. The average Bonchev–Trinajstić information content (AvgIpc) is 2.70. The summed E-state index contributed by atoms with van der Waals surface area (Å²) < 4.78 is 0. The molecule has 3 aromatic rings. The third kappa shape index (κ3) is 6.11. The zero-order chi connectivity index (χ0) is 20.8. The molecule has 0 saturated carbocycles. The maximum Gasteiger partial charge on any atom is 0.255 e. The van der Waals surface area contributed by atoms with Crippen LogP contribution in [-0.4, -0.2) is 17.1 Å². The summed E-state index contributed by atoms with van der Waals surface area (Å²) in [5, 5.41) is 6.09. The first-order valence-corrected chi connectivity index (χ1v) is 10.4. The Morgan fingerprint density at radius 2 is 1.62 bits per heavy atom. The van der Waals surface area contributed by atoms with Gasteiger partial charge in [0.2, 0.25) is 5.91 Å². The van der Waals surface area contributed by atoms with Gasteiger partial charge >= 0.3 is 0 Å². The number of nitrogens with one attached hydrogen (secondary N) is 2. The molecule has 0 spiro atoms. The summed E-state index contributed by atoms with van der Waals surface area (Å²) >= 11 is 7.29. The van der Waals surface area contributed by atoms with Crippen LogP contribution in [0.3, 0.4) is 0 Å². The number of amides is 2. The molecule has 0 aliphatic rings. The molecule has 148 valence electrons. The second-order valence-corrected chi connectivity index (χ2v) is 8.46. The van der Waals surface area contributed by atoms with E-state index in [1.165, 1.54) is 11.8 Å². The van der Waals surface area contributed by atoms with Crippen LogP contribution in [0, 0.1) is 6.92 Å². The molecular formula is C23H21ClN2O2S. The Labute approximate surface area is 179 Å². The van der Waals surface area contributed by atoms with E-state index in [0.29, 0.717) is 22.0 Å². The fourth-order valence-corrected chi connectivity index (χ4v) is 3.72. The lowest BCUT2D eigenvalue weighted by Gasteiger charge is -2.13. The minimum atomic E-state index is -0.312. The van der Waals surface area contributed by atoms with Gasteiger partial charge in [0, 0.05) is 26.9 Å². The van der Waals surface area contributed by atoms with Crippen LogP contribution in [0.1, 0.15) is 22.8 Å². The zero-order valence-corrected chi connectivity index (χ0v) is 17.7. The van der Waals surface area contributed by atoms with E-state index >= 15 is 0 Å². The molecule has 0 aliphatic heterocycles. The molecule has 29 heavy (non-hydrogen) atoms. The first-order valence-electron chi connectivity index (χ1n) is 9.12. The largest absolute Gasteiger partial charge is 0.325 e. The van der Waals surface area contributed by atoms with Crippen molar-refractivity contribution in [3.05, 3.63) is 88.9 Å². The highest BCUT2D eigenvalue weighted by atomic mass is 35.5. The van der Waals surface area contributed by atoms with Crippen molar-refractivity contribution >= 4 is 46.6 Å². The Kier molecular flexibility index (Phi) is 6.96. The van der Waals surface area contributed by atoms with Crippen molar-refractivity contribution in [1.29, 1.82) is 0 Å². The molecule has 0 aromatic heterocycles. The Morgan fingerprint density at radius 3 is 2.34 bits per heavy atom. The third-order valence-electron chi connectivity index (χ3n) is 4.17. The standard InChI is InChI=1S/C23H21ClN2O2S/c1-15-5-3-6-17(13-15)23(28)26-20-7-4-8-21(14-20)29-16(2)22(27)25-19-11-9-18(24)10-12-19/h3-14,16H,1-2H3,(H,25,27)(H,26,28). The lowest BCUT2D eigenvalue weighted by molar-refractivity contribution is -0.115. The van der Waals surface area contributed by atoms with Crippen LogP contribution in [0.2, 0.25) is 5.02 Å². The summed E-state index contributed by atoms with van der Waals surface area (Å²) in [5.41, 5.74) is 3.03. The fourth-order valence-electron chi connectivity index (χ4n) is 2.67. The van der Waals surface area contributed by atoms with E-state index in [1.807, 2.05) is 56.3 Å². The average molecular weight is 425 g/mol. The highest BCUT2D eigenvalue weighted by Gasteiger charge is 2.15. The first kappa shape index (κ1) is 21.0. The van der Waals surface area contributed by atoms with Crippen LogP contribution < -0.4 is 10.6 Å². The van der Waals surface area contributed by atoms with E-state index in [0.717, 1.165) is 10.5 Å². The van der Waals surface area contributed by atoms with Gasteiger partial charge in [-0.15, -0.1) is 11.8 Å². The smallest absolute Gasteiger partial charge is 0.255 e. The maximum absolute atomic E-state index is 12.4. The van der Waals surface area contributed by atoms with Gasteiger partial charge in [-0.05, 0) is 68.4 Å². The number of hydrogen-bond acceptors (Lipinski definition) is 3. The number of benzene rings is 3. The Bertz CT molecular complexity index is 1020. The number of halogens is 1. The summed E-state index contributed by atoms with van der Waals surface area (Å²) in [5.74, 6) is -0.268. The van der Waals surface area contributed by atoms with E-state index < -0.39 is 0 Å². The highest BCUT2D eigenvalue weighted by molar-refractivity contribution is 8.00. The SMILES string of the molecule is Cc1cccc(C(=O)Nc2cccc(SC(C)C(=O)Nc3ccc(Cl)cc3)c2)c1. The van der Waals surface area contributed by atoms with Gasteiger partial charge in [0.05, 0.1) is 5.25 Å². The Balaban J connectivity index is 1.62. The molecule has 0 aliphatic carbocycles. The maximum atomic E-state index is 12.4. The van der Waals surface area contributed by atoms with Gasteiger partial charge in [-0.25, -0.2) is 0 Å². The van der Waals surface area contributed by atoms with Crippen LogP contribution in [0.4, 0.5) is 11.4 Å². The molecule has 0 fully saturated rings. The van der Waals surface area contributed by atoms with Crippen LogP contribution in [0.25, 0.3) is 0 Å². The van der Waals surface area contributed by atoms with Gasteiger partial charge in [-0.3, -0.25) is 9.59 Å². The van der Waals surface area contributed by atoms with E-state index in [1.54, 1.807) is 30.3 Å². The molecule has 6 heteroatoms. The molecule has 2 amide bonds. The van der Waals surface area contributed by atoms with Crippen molar-refractivity contribution in [1.82, 2.24) is 0 Å². The van der Waals surface area contributed by atoms with Crippen molar-refractivity contribution < 1.29 is 9.59 Å². The van der Waals surface area contributed by atoms with Crippen LogP contribution >= 0.6 is 23.4 Å². The van der Waals surface area contributed by atoms with E-state index in [-0.39, 0.29) is 17.1 Å². The number of carbonyl (C=O) groups is 2. The molecule has 0 bridgehead atoms. The van der Waals surface area contributed by atoms with Gasteiger partial charge in [0.1, 0.15) is 0 Å². The molecule has 0 radical (unpaired) electrons. The zero-order valence-electron chi connectivity index (χ0n) is 16.1. The quantitative estimate of drug-likeness (QED) is 0.475. The van der Waals surface area contributed by atoms with E-state index in [9.17, 15) is 9.59 Å². The number of carbonyl (C=O) groups excluding carboxylic acids is 2. The summed E-state index contributed by atoms with van der Waals surface area (Å²) in [6, 6.07) is 21.9. The molecule has 2 N–H and O–H groups in total. The first-order chi connectivity index (χ1) is 13.9. The third-order valence-corrected chi connectivity index (χ3v) is 5.51. The number of anilines is 2. The van der Waals surface area contributed by atoms with Gasteiger partial charge in [0.15, 0.2) is 0 Å². The molecule has 1 unspecified atom stereocenters. The molecule has 4 nitrogen and oxygen atoms in total. The summed E-state index contributed by atoms with van der Waals surface area (Å²) in [7, 11) is 0. The summed E-state index contributed by atoms with van der Waals surface area (Å²) in [6.45, 7) is 3.79. The van der Waals surface area contributed by atoms with Crippen molar-refractivity contribution in [3.63, 3.8) is 0 Å². The predicted octanol–water partition coefficient (Wildman–Crippen LogP) is 6.02. The number of hydrogen-bond donors (Lipinski definition) is 2. The molecule has 0 heterocycles. The van der Waals surface area contributed by atoms with Gasteiger partial charge in [0.25, 0.3) is 5.91 Å². The van der Waals surface area contributed by atoms with Crippen molar-refractivity contribution in [2.75, 3.05) is 10.6 Å². The monoisotopic (exact) mass is 424 g/mol. The molecule has 1 atom stereocenters. The molecular weight excluding hydrogens is 404 g/mol. The van der Waals surface area contributed by atoms with Crippen molar-refractivity contribution in [2.45, 2.75) is 24.0 Å². The predicted molar refractivity (Wildman–Crippen MR) is 121 cm³/mol. The second-order valence-electron chi connectivity index (χ2n) is 6.61. The lowest BCUT2D eigenvalue weighted by atomic mass is 10.1. The fraction of sp³-hybridized carbons (Fsp3) is 0.130. The lowest BCUT2D eigenvalue weighted by Crippen LogP contribution is -2.22. The number of aryl methyl sites for hydroxylation is 1. The van der Waals surface area contributed by atoms with E-state index in [2.05, 4.69) is 10.6 Å².